The summed E-state index contributed by atoms with van der Waals surface area (Å²) in [6, 6.07) is 31.2. The van der Waals surface area contributed by atoms with Crippen LogP contribution in [0.5, 0.6) is 0 Å². The van der Waals surface area contributed by atoms with E-state index in [-0.39, 0.29) is 30.6 Å². The monoisotopic (exact) mass is 721 g/mol. The fraction of sp³-hybridized carbons (Fsp3) is 0.308. The van der Waals surface area contributed by atoms with E-state index in [9.17, 15) is 14.7 Å². The number of nitrogens with two attached hydrogens (primary N) is 1. The van der Waals surface area contributed by atoms with Crippen LogP contribution in [0.15, 0.2) is 102 Å². The molecule has 1 saturated heterocycles. The predicted molar refractivity (Wildman–Crippen MR) is 200 cm³/mol. The average Bonchev–Trinajstić information content (AvgIpc) is 3.60. The lowest BCUT2D eigenvalue weighted by Gasteiger charge is -2.36. The Morgan fingerprint density at radius 2 is 1.63 bits per heavy atom. The van der Waals surface area contributed by atoms with Gasteiger partial charge < -0.3 is 30.9 Å². The van der Waals surface area contributed by atoms with Gasteiger partial charge in [0.25, 0.3) is 0 Å². The number of aryl methyl sites for hydroxylation is 1. The van der Waals surface area contributed by atoms with Crippen molar-refractivity contribution in [2.75, 3.05) is 16.8 Å². The molecule has 270 valence electrons. The number of nitrogens with zero attached hydrogens (tertiary/aromatic N) is 4. The second-order valence-electron chi connectivity index (χ2n) is 12.7. The minimum absolute atomic E-state index is 0.0119. The van der Waals surface area contributed by atoms with E-state index in [4.69, 9.17) is 15.2 Å². The first-order chi connectivity index (χ1) is 25.3. The highest BCUT2D eigenvalue weighted by Crippen LogP contribution is 2.39. The van der Waals surface area contributed by atoms with E-state index in [1.807, 2.05) is 73.8 Å². The zero-order chi connectivity index (χ0) is 36.3. The van der Waals surface area contributed by atoms with Crippen LogP contribution in [0.2, 0.25) is 0 Å². The Bertz CT molecular complexity index is 1940. The van der Waals surface area contributed by atoms with Crippen LogP contribution in [0, 0.1) is 0 Å². The number of anilines is 2. The Morgan fingerprint density at radius 1 is 0.885 bits per heavy atom. The van der Waals surface area contributed by atoms with Crippen LogP contribution in [0.25, 0.3) is 11.1 Å². The number of aliphatic hydroxyl groups is 1. The van der Waals surface area contributed by atoms with Crippen LogP contribution < -0.4 is 16.4 Å². The Hall–Kier alpha value is -5.08. The van der Waals surface area contributed by atoms with Crippen molar-refractivity contribution in [2.45, 2.75) is 68.9 Å². The number of carbonyl (C=O) groups is 2. The fourth-order valence-electron chi connectivity index (χ4n) is 5.91. The van der Waals surface area contributed by atoms with Gasteiger partial charge in [-0.2, -0.15) is 0 Å². The van der Waals surface area contributed by atoms with E-state index in [1.165, 1.54) is 0 Å². The van der Waals surface area contributed by atoms with E-state index < -0.39 is 6.29 Å². The zero-order valence-electron chi connectivity index (χ0n) is 29.0. The van der Waals surface area contributed by atoms with Gasteiger partial charge in [-0.05, 0) is 69.3 Å². The van der Waals surface area contributed by atoms with Gasteiger partial charge in [0.15, 0.2) is 6.29 Å². The molecule has 0 aliphatic carbocycles. The minimum atomic E-state index is -0.577. The highest BCUT2D eigenvalue weighted by atomic mass is 32.2. The molecule has 0 spiro atoms. The number of nitrogens with one attached hydrogen (secondary N) is 2. The maximum atomic E-state index is 12.5. The molecule has 52 heavy (non-hydrogen) atoms. The minimum Gasteiger partial charge on any atom is -0.397 e. The molecule has 5 aromatic rings. The smallest absolute Gasteiger partial charge is 0.224 e. The van der Waals surface area contributed by atoms with E-state index >= 15 is 0 Å². The number of hydrogen-bond acceptors (Lipinski definition) is 10. The summed E-state index contributed by atoms with van der Waals surface area (Å²) in [5.41, 5.74) is 12.8. The molecule has 6 rings (SSSR count). The summed E-state index contributed by atoms with van der Waals surface area (Å²) in [7, 11) is 1.81. The zero-order valence-corrected chi connectivity index (χ0v) is 29.8. The maximum absolute atomic E-state index is 12.5. The van der Waals surface area contributed by atoms with Gasteiger partial charge in [0.05, 0.1) is 30.2 Å². The lowest BCUT2D eigenvalue weighted by atomic mass is 9.99. The Balaban J connectivity index is 1.02. The lowest BCUT2D eigenvalue weighted by molar-refractivity contribution is -0.245. The van der Waals surface area contributed by atoms with Crippen molar-refractivity contribution in [2.24, 2.45) is 7.05 Å². The molecule has 13 heteroatoms. The normalized spacial score (nSPS) is 17.1. The van der Waals surface area contributed by atoms with Crippen molar-refractivity contribution in [3.63, 3.8) is 0 Å². The Labute approximate surface area is 307 Å². The van der Waals surface area contributed by atoms with Crippen molar-refractivity contribution < 1.29 is 24.2 Å². The molecule has 3 atom stereocenters. The SMILES string of the molecule is Cn1nnnc1SCC1CC(c2ccc(CO)cc2)OC(c2ccc(-c3cccc(CNC(=O)CCCCC(=O)Nc4ccccc4N)c3)cc2)O1. The number of ether oxygens (including phenoxy) is 2. The number of carbonyl (C=O) groups excluding carboxylic acids is 2. The summed E-state index contributed by atoms with van der Waals surface area (Å²) >= 11 is 1.54. The van der Waals surface area contributed by atoms with E-state index in [0.29, 0.717) is 60.9 Å². The standard InChI is InChI=1S/C39H43N7O5S/c1-46-39(43-44-45-46)52-25-32-22-35(29-15-13-26(24-47)14-16-29)51-38(50-32)30-19-17-28(18-20-30)31-8-6-7-27(21-31)23-41-36(48)11-4-5-12-37(49)42-34-10-3-2-9-33(34)40/h2-3,6-10,13-21,32,35,38,47H,4-5,11-12,22-25,40H2,1H3,(H,41,48)(H,42,49). The molecular weight excluding hydrogens is 679 g/mol. The van der Waals surface area contributed by atoms with Gasteiger partial charge >= 0.3 is 0 Å². The molecule has 1 fully saturated rings. The summed E-state index contributed by atoms with van der Waals surface area (Å²) < 4.78 is 14.6. The van der Waals surface area contributed by atoms with Crippen molar-refractivity contribution in [1.29, 1.82) is 0 Å². The number of aromatic nitrogens is 4. The molecule has 2 heterocycles. The number of unbranched alkanes of at least 4 members (excludes halogenated alkanes) is 1. The largest absolute Gasteiger partial charge is 0.397 e. The predicted octanol–water partition coefficient (Wildman–Crippen LogP) is 6.10. The number of hydrogen-bond donors (Lipinski definition) is 4. The van der Waals surface area contributed by atoms with Gasteiger partial charge in [0.1, 0.15) is 0 Å². The number of amides is 2. The fourth-order valence-corrected chi connectivity index (χ4v) is 6.78. The van der Waals surface area contributed by atoms with E-state index in [0.717, 1.165) is 33.4 Å². The van der Waals surface area contributed by atoms with Crippen molar-refractivity contribution >= 4 is 35.0 Å². The van der Waals surface area contributed by atoms with Gasteiger partial charge in [-0.3, -0.25) is 9.59 Å². The molecule has 3 unspecified atom stereocenters. The second kappa shape index (κ2) is 17.9. The number of para-hydroxylation sites is 2. The van der Waals surface area contributed by atoms with Gasteiger partial charge in [-0.1, -0.05) is 90.6 Å². The van der Waals surface area contributed by atoms with Crippen LogP contribution in [-0.4, -0.2) is 49.0 Å². The number of nitrogen functional groups attached to an aromatic ring is 1. The highest BCUT2D eigenvalue weighted by molar-refractivity contribution is 7.99. The molecule has 0 saturated carbocycles. The van der Waals surface area contributed by atoms with E-state index in [2.05, 4.69) is 44.4 Å². The Morgan fingerprint density at radius 3 is 2.37 bits per heavy atom. The van der Waals surface area contributed by atoms with Crippen LogP contribution in [0.3, 0.4) is 0 Å². The number of aliphatic hydroxyl groups excluding tert-OH is 1. The molecule has 0 bridgehead atoms. The van der Waals surface area contributed by atoms with Crippen LogP contribution in [0.4, 0.5) is 11.4 Å². The molecular formula is C39H43N7O5S. The molecule has 4 aromatic carbocycles. The average molecular weight is 722 g/mol. The number of thioether (sulfide) groups is 1. The van der Waals surface area contributed by atoms with Crippen LogP contribution in [0.1, 0.15) is 66.8 Å². The molecule has 1 aliphatic rings. The van der Waals surface area contributed by atoms with Crippen LogP contribution >= 0.6 is 11.8 Å². The second-order valence-corrected chi connectivity index (χ2v) is 13.7. The number of tetrazole rings is 1. The third-order valence-corrected chi connectivity index (χ3v) is 9.96. The third kappa shape index (κ3) is 10.0. The van der Waals surface area contributed by atoms with Crippen LogP contribution in [-0.2, 0) is 39.3 Å². The summed E-state index contributed by atoms with van der Waals surface area (Å²) in [5.74, 6) is 0.484. The third-order valence-electron chi connectivity index (χ3n) is 8.82. The topological polar surface area (TPSA) is 167 Å². The molecule has 1 aromatic heterocycles. The summed E-state index contributed by atoms with van der Waals surface area (Å²) in [6.07, 6.45) is 1.66. The maximum Gasteiger partial charge on any atom is 0.224 e. The number of rotatable bonds is 15. The first-order valence-corrected chi connectivity index (χ1v) is 18.3. The molecule has 1 aliphatic heterocycles. The van der Waals surface area contributed by atoms with Gasteiger partial charge in [-0.15, -0.1) is 5.10 Å². The highest BCUT2D eigenvalue weighted by Gasteiger charge is 2.32. The molecule has 12 nitrogen and oxygen atoms in total. The summed E-state index contributed by atoms with van der Waals surface area (Å²) in [5, 5.41) is 27.8. The van der Waals surface area contributed by atoms with Crippen molar-refractivity contribution in [3.05, 3.63) is 119 Å². The molecule has 5 N–H and O–H groups in total. The first-order valence-electron chi connectivity index (χ1n) is 17.3. The summed E-state index contributed by atoms with van der Waals surface area (Å²) in [4.78, 5) is 24.8. The van der Waals surface area contributed by atoms with Crippen molar-refractivity contribution in [1.82, 2.24) is 25.5 Å². The number of benzene rings is 4. The van der Waals surface area contributed by atoms with Crippen molar-refractivity contribution in [3.8, 4) is 11.1 Å². The molecule has 2 amide bonds. The van der Waals surface area contributed by atoms with Gasteiger partial charge in [0, 0.05) is 44.2 Å². The first kappa shape index (κ1) is 36.7. The summed E-state index contributed by atoms with van der Waals surface area (Å²) in [6.45, 7) is 0.398. The molecule has 0 radical (unpaired) electrons. The van der Waals surface area contributed by atoms with Gasteiger partial charge in [-0.25, -0.2) is 4.68 Å². The quantitative estimate of drug-likeness (QED) is 0.0563. The lowest BCUT2D eigenvalue weighted by Crippen LogP contribution is -2.31. The van der Waals surface area contributed by atoms with E-state index in [1.54, 1.807) is 28.6 Å². The van der Waals surface area contributed by atoms with Gasteiger partial charge in [0.2, 0.25) is 17.0 Å². The Kier molecular flexibility index (Phi) is 12.6.